The molecular formula is C16H11N3O. The van der Waals surface area contributed by atoms with Crippen LogP contribution in [0.4, 0.5) is 0 Å². The number of carbonyl (C=O) groups excluding carboxylic acids is 1. The fourth-order valence-corrected chi connectivity index (χ4v) is 2.14. The molecule has 0 aliphatic carbocycles. The maximum absolute atomic E-state index is 12.5. The molecule has 96 valence electrons. The van der Waals surface area contributed by atoms with E-state index < -0.39 is 0 Å². The van der Waals surface area contributed by atoms with Crippen LogP contribution in [0.25, 0.3) is 11.0 Å². The van der Waals surface area contributed by atoms with Crippen LogP contribution in [0.3, 0.4) is 0 Å². The molecule has 0 aliphatic rings. The van der Waals surface area contributed by atoms with Crippen LogP contribution < -0.4 is 0 Å². The first-order valence-electron chi connectivity index (χ1n) is 6.18. The summed E-state index contributed by atoms with van der Waals surface area (Å²) in [6.45, 7) is 1.97. The highest BCUT2D eigenvalue weighted by atomic mass is 16.2. The average molecular weight is 261 g/mol. The van der Waals surface area contributed by atoms with Crippen molar-refractivity contribution in [3.63, 3.8) is 0 Å². The Morgan fingerprint density at radius 2 is 2.00 bits per heavy atom. The molecule has 0 fully saturated rings. The van der Waals surface area contributed by atoms with Crippen LogP contribution in [0.1, 0.15) is 21.5 Å². The molecule has 0 saturated heterocycles. The lowest BCUT2D eigenvalue weighted by atomic mass is 10.1. The van der Waals surface area contributed by atoms with Crippen molar-refractivity contribution < 1.29 is 4.79 Å². The Bertz CT molecular complexity index is 838. The topological polar surface area (TPSA) is 58.7 Å². The van der Waals surface area contributed by atoms with Gasteiger partial charge >= 0.3 is 0 Å². The maximum Gasteiger partial charge on any atom is 0.263 e. The molecule has 0 atom stereocenters. The van der Waals surface area contributed by atoms with Gasteiger partial charge in [-0.25, -0.2) is 4.98 Å². The molecular weight excluding hydrogens is 250 g/mol. The molecule has 3 rings (SSSR count). The van der Waals surface area contributed by atoms with E-state index in [4.69, 9.17) is 5.26 Å². The van der Waals surface area contributed by atoms with E-state index in [0.29, 0.717) is 22.2 Å². The summed E-state index contributed by atoms with van der Waals surface area (Å²) < 4.78 is 1.43. The third-order valence-electron chi connectivity index (χ3n) is 3.20. The maximum atomic E-state index is 12.5. The van der Waals surface area contributed by atoms with Crippen molar-refractivity contribution in [3.05, 3.63) is 65.5 Å². The molecule has 3 aromatic rings. The quantitative estimate of drug-likeness (QED) is 0.676. The van der Waals surface area contributed by atoms with Crippen molar-refractivity contribution in [2.75, 3.05) is 0 Å². The number of aryl methyl sites for hydroxylation is 1. The molecule has 0 unspecified atom stereocenters. The molecule has 0 spiro atoms. The highest BCUT2D eigenvalue weighted by Gasteiger charge is 2.15. The van der Waals surface area contributed by atoms with Gasteiger partial charge in [0.2, 0.25) is 0 Å². The zero-order valence-electron chi connectivity index (χ0n) is 10.9. The summed E-state index contributed by atoms with van der Waals surface area (Å²) in [7, 11) is 0. The van der Waals surface area contributed by atoms with E-state index in [-0.39, 0.29) is 5.91 Å². The highest BCUT2D eigenvalue weighted by Crippen LogP contribution is 2.19. The average Bonchev–Trinajstić information content (AvgIpc) is 2.86. The van der Waals surface area contributed by atoms with Gasteiger partial charge in [-0.1, -0.05) is 17.7 Å². The SMILES string of the molecule is Cc1ccc(C(=O)n2cc(C#N)c3cccnc32)cc1. The highest BCUT2D eigenvalue weighted by molar-refractivity contribution is 6.02. The summed E-state index contributed by atoms with van der Waals surface area (Å²) in [5, 5.41) is 9.83. The lowest BCUT2D eigenvalue weighted by Crippen LogP contribution is -2.11. The zero-order chi connectivity index (χ0) is 14.1. The summed E-state index contributed by atoms with van der Waals surface area (Å²) in [4.78, 5) is 16.7. The molecule has 0 amide bonds. The third kappa shape index (κ3) is 1.86. The van der Waals surface area contributed by atoms with E-state index >= 15 is 0 Å². The van der Waals surface area contributed by atoms with Gasteiger partial charge in [-0.15, -0.1) is 0 Å². The van der Waals surface area contributed by atoms with Gasteiger partial charge in [0.15, 0.2) is 0 Å². The molecule has 0 radical (unpaired) electrons. The van der Waals surface area contributed by atoms with Crippen LogP contribution in [0.15, 0.2) is 48.8 Å². The van der Waals surface area contributed by atoms with Crippen molar-refractivity contribution in [2.24, 2.45) is 0 Å². The van der Waals surface area contributed by atoms with E-state index in [1.165, 1.54) is 4.57 Å². The van der Waals surface area contributed by atoms with Crippen molar-refractivity contribution in [1.82, 2.24) is 9.55 Å². The molecule has 2 aromatic heterocycles. The molecule has 0 bridgehead atoms. The Morgan fingerprint density at radius 1 is 1.25 bits per heavy atom. The molecule has 2 heterocycles. The predicted octanol–water partition coefficient (Wildman–Crippen LogP) is 2.90. The first-order valence-corrected chi connectivity index (χ1v) is 6.18. The number of aromatic nitrogens is 2. The fourth-order valence-electron chi connectivity index (χ4n) is 2.14. The van der Waals surface area contributed by atoms with E-state index in [1.807, 2.05) is 19.1 Å². The molecule has 4 heteroatoms. The van der Waals surface area contributed by atoms with Gasteiger partial charge in [0.25, 0.3) is 5.91 Å². The first-order chi connectivity index (χ1) is 9.70. The summed E-state index contributed by atoms with van der Waals surface area (Å²) in [5.74, 6) is -0.185. The Hall–Kier alpha value is -2.93. The molecule has 0 aliphatic heterocycles. The molecule has 0 saturated carbocycles. The summed E-state index contributed by atoms with van der Waals surface area (Å²) in [5.41, 5.74) is 2.63. The number of rotatable bonds is 1. The van der Waals surface area contributed by atoms with Gasteiger partial charge < -0.3 is 0 Å². The van der Waals surface area contributed by atoms with Gasteiger partial charge in [-0.2, -0.15) is 5.26 Å². The van der Waals surface area contributed by atoms with Crippen LogP contribution in [0.2, 0.25) is 0 Å². The second kappa shape index (κ2) is 4.63. The van der Waals surface area contributed by atoms with E-state index in [0.717, 1.165) is 5.56 Å². The van der Waals surface area contributed by atoms with Crippen molar-refractivity contribution in [3.8, 4) is 6.07 Å². The molecule has 0 N–H and O–H groups in total. The normalized spacial score (nSPS) is 10.4. The minimum Gasteiger partial charge on any atom is -0.268 e. The van der Waals surface area contributed by atoms with E-state index in [2.05, 4.69) is 11.1 Å². The van der Waals surface area contributed by atoms with Crippen molar-refractivity contribution >= 4 is 16.9 Å². The summed E-state index contributed by atoms with van der Waals surface area (Å²) in [6.07, 6.45) is 3.16. The third-order valence-corrected chi connectivity index (χ3v) is 3.20. The first kappa shape index (κ1) is 12.1. The smallest absolute Gasteiger partial charge is 0.263 e. The van der Waals surface area contributed by atoms with Crippen LogP contribution in [-0.2, 0) is 0 Å². The second-order valence-electron chi connectivity index (χ2n) is 4.57. The zero-order valence-corrected chi connectivity index (χ0v) is 10.9. The Labute approximate surface area is 115 Å². The summed E-state index contributed by atoms with van der Waals surface area (Å²) in [6, 6.07) is 13.0. The van der Waals surface area contributed by atoms with Gasteiger partial charge in [-0.3, -0.25) is 9.36 Å². The number of carbonyl (C=O) groups is 1. The Kier molecular flexibility index (Phi) is 2.81. The lowest BCUT2D eigenvalue weighted by Gasteiger charge is -2.03. The predicted molar refractivity (Wildman–Crippen MR) is 75.4 cm³/mol. The number of nitriles is 1. The van der Waals surface area contributed by atoms with Gasteiger partial charge in [0, 0.05) is 23.3 Å². The summed E-state index contributed by atoms with van der Waals surface area (Å²) >= 11 is 0. The lowest BCUT2D eigenvalue weighted by molar-refractivity contribution is 0.0964. The van der Waals surface area contributed by atoms with Gasteiger partial charge in [0.05, 0.1) is 5.56 Å². The largest absolute Gasteiger partial charge is 0.268 e. The molecule has 1 aromatic carbocycles. The Morgan fingerprint density at radius 3 is 2.70 bits per heavy atom. The van der Waals surface area contributed by atoms with Gasteiger partial charge in [-0.05, 0) is 31.2 Å². The van der Waals surface area contributed by atoms with Crippen molar-refractivity contribution in [1.29, 1.82) is 5.26 Å². The second-order valence-corrected chi connectivity index (χ2v) is 4.57. The number of fused-ring (bicyclic) bond motifs is 1. The standard InChI is InChI=1S/C16H11N3O/c1-11-4-6-12(7-5-11)16(20)19-10-13(9-17)14-3-2-8-18-15(14)19/h2-8,10H,1H3. The number of hydrogen-bond donors (Lipinski definition) is 0. The monoisotopic (exact) mass is 261 g/mol. The van der Waals surface area contributed by atoms with Gasteiger partial charge in [0.1, 0.15) is 11.7 Å². The Balaban J connectivity index is 2.17. The number of benzene rings is 1. The molecule has 20 heavy (non-hydrogen) atoms. The van der Waals surface area contributed by atoms with Crippen LogP contribution in [-0.4, -0.2) is 15.5 Å². The molecule has 4 nitrogen and oxygen atoms in total. The fraction of sp³-hybridized carbons (Fsp3) is 0.0625. The number of pyridine rings is 1. The van der Waals surface area contributed by atoms with E-state index in [1.54, 1.807) is 36.7 Å². The van der Waals surface area contributed by atoms with Crippen LogP contribution >= 0.6 is 0 Å². The van der Waals surface area contributed by atoms with Crippen LogP contribution in [0.5, 0.6) is 0 Å². The van der Waals surface area contributed by atoms with Crippen molar-refractivity contribution in [2.45, 2.75) is 6.92 Å². The number of nitrogens with zero attached hydrogens (tertiary/aromatic N) is 3. The van der Waals surface area contributed by atoms with E-state index in [9.17, 15) is 4.79 Å². The number of hydrogen-bond acceptors (Lipinski definition) is 3. The van der Waals surface area contributed by atoms with Crippen LogP contribution in [0, 0.1) is 18.3 Å². The minimum atomic E-state index is -0.185. The minimum absolute atomic E-state index is 0.185.